The van der Waals surface area contributed by atoms with Crippen LogP contribution < -0.4 is 4.74 Å². The van der Waals surface area contributed by atoms with E-state index in [4.69, 9.17) is 16.3 Å². The molecule has 0 spiro atoms. The zero-order valence-electron chi connectivity index (χ0n) is 8.84. The molecule has 1 nitrogen and oxygen atoms in total. The highest BCUT2D eigenvalue weighted by Gasteiger charge is 2.40. The van der Waals surface area contributed by atoms with Crippen molar-refractivity contribution >= 4 is 11.6 Å². The van der Waals surface area contributed by atoms with Crippen LogP contribution in [-0.4, -0.2) is 7.11 Å². The molecular formula is C12H14ClFO. The van der Waals surface area contributed by atoms with Gasteiger partial charge in [-0.25, -0.2) is 4.39 Å². The molecule has 2 rings (SSSR count). The molecule has 1 aliphatic carbocycles. The van der Waals surface area contributed by atoms with E-state index in [1.165, 1.54) is 12.1 Å². The van der Waals surface area contributed by atoms with Crippen molar-refractivity contribution in [3.8, 4) is 5.75 Å². The molecule has 1 aliphatic rings. The molecule has 3 unspecified atom stereocenters. The molecule has 0 saturated heterocycles. The fourth-order valence-electron chi connectivity index (χ4n) is 1.91. The van der Waals surface area contributed by atoms with Crippen LogP contribution in [0.15, 0.2) is 18.2 Å². The molecule has 0 bridgehead atoms. The Morgan fingerprint density at radius 2 is 2.20 bits per heavy atom. The Balaban J connectivity index is 2.28. The third-order valence-corrected chi connectivity index (χ3v) is 3.60. The zero-order chi connectivity index (χ0) is 11.0. The van der Waals surface area contributed by atoms with Crippen molar-refractivity contribution in [2.24, 2.45) is 11.8 Å². The molecule has 0 radical (unpaired) electrons. The highest BCUT2D eigenvalue weighted by atomic mass is 35.5. The second-order valence-electron chi connectivity index (χ2n) is 4.16. The summed E-state index contributed by atoms with van der Waals surface area (Å²) < 4.78 is 18.3. The van der Waals surface area contributed by atoms with Crippen molar-refractivity contribution in [2.75, 3.05) is 7.11 Å². The number of halogens is 2. The molecule has 0 amide bonds. The quantitative estimate of drug-likeness (QED) is 0.716. The molecule has 1 aromatic carbocycles. The molecule has 15 heavy (non-hydrogen) atoms. The van der Waals surface area contributed by atoms with Crippen molar-refractivity contribution in [3.63, 3.8) is 0 Å². The summed E-state index contributed by atoms with van der Waals surface area (Å²) in [4.78, 5) is 0. The molecule has 1 aromatic rings. The summed E-state index contributed by atoms with van der Waals surface area (Å²) in [6.45, 7) is 2.16. The third-order valence-electron chi connectivity index (χ3n) is 3.04. The van der Waals surface area contributed by atoms with Crippen LogP contribution in [0.1, 0.15) is 24.3 Å². The smallest absolute Gasteiger partial charge is 0.123 e. The van der Waals surface area contributed by atoms with Gasteiger partial charge in [0.1, 0.15) is 11.6 Å². The predicted octanol–water partition coefficient (Wildman–Crippen LogP) is 3.77. The van der Waals surface area contributed by atoms with Crippen LogP contribution >= 0.6 is 11.6 Å². The van der Waals surface area contributed by atoms with Gasteiger partial charge in [0.15, 0.2) is 0 Å². The summed E-state index contributed by atoms with van der Waals surface area (Å²) in [6.07, 6.45) is 1.12. The minimum atomic E-state index is -0.259. The van der Waals surface area contributed by atoms with Crippen LogP contribution in [-0.2, 0) is 0 Å². The Kier molecular flexibility index (Phi) is 2.87. The fourth-order valence-corrected chi connectivity index (χ4v) is 2.43. The van der Waals surface area contributed by atoms with Crippen LogP contribution in [0.5, 0.6) is 5.75 Å². The molecule has 0 N–H and O–H groups in total. The van der Waals surface area contributed by atoms with Gasteiger partial charge < -0.3 is 4.74 Å². The SMILES string of the molecule is COc1ccc(F)cc1C(Cl)C1CC1C. The first-order valence-electron chi connectivity index (χ1n) is 5.11. The lowest BCUT2D eigenvalue weighted by molar-refractivity contribution is 0.406. The maximum atomic E-state index is 13.1. The fraction of sp³-hybridized carbons (Fsp3) is 0.500. The van der Waals surface area contributed by atoms with Crippen molar-refractivity contribution in [2.45, 2.75) is 18.7 Å². The first-order chi connectivity index (χ1) is 7.13. The summed E-state index contributed by atoms with van der Waals surface area (Å²) in [6, 6.07) is 4.50. The van der Waals surface area contributed by atoms with E-state index >= 15 is 0 Å². The summed E-state index contributed by atoms with van der Waals surface area (Å²) in [5.41, 5.74) is 0.772. The number of alkyl halides is 1. The number of benzene rings is 1. The van der Waals surface area contributed by atoms with Gasteiger partial charge in [-0.05, 0) is 36.5 Å². The molecular weight excluding hydrogens is 215 g/mol. The Morgan fingerprint density at radius 3 is 2.73 bits per heavy atom. The van der Waals surface area contributed by atoms with E-state index in [0.29, 0.717) is 17.6 Å². The van der Waals surface area contributed by atoms with Gasteiger partial charge in [0.25, 0.3) is 0 Å². The zero-order valence-corrected chi connectivity index (χ0v) is 9.59. The number of rotatable bonds is 3. The van der Waals surface area contributed by atoms with Gasteiger partial charge in [-0.15, -0.1) is 11.6 Å². The van der Waals surface area contributed by atoms with Crippen molar-refractivity contribution in [3.05, 3.63) is 29.6 Å². The van der Waals surface area contributed by atoms with Gasteiger partial charge in [0, 0.05) is 5.56 Å². The van der Waals surface area contributed by atoms with E-state index in [0.717, 1.165) is 12.0 Å². The minimum Gasteiger partial charge on any atom is -0.496 e. The van der Waals surface area contributed by atoms with Gasteiger partial charge in [0.05, 0.1) is 12.5 Å². The van der Waals surface area contributed by atoms with Crippen molar-refractivity contribution < 1.29 is 9.13 Å². The van der Waals surface area contributed by atoms with E-state index in [-0.39, 0.29) is 11.2 Å². The summed E-state index contributed by atoms with van der Waals surface area (Å²) in [7, 11) is 1.58. The van der Waals surface area contributed by atoms with Crippen molar-refractivity contribution in [1.82, 2.24) is 0 Å². The number of ether oxygens (including phenoxy) is 1. The Morgan fingerprint density at radius 1 is 1.53 bits per heavy atom. The largest absolute Gasteiger partial charge is 0.496 e. The monoisotopic (exact) mass is 228 g/mol. The number of hydrogen-bond acceptors (Lipinski definition) is 1. The van der Waals surface area contributed by atoms with E-state index in [9.17, 15) is 4.39 Å². The van der Waals surface area contributed by atoms with Crippen LogP contribution in [0.3, 0.4) is 0 Å². The Bertz CT molecular complexity index is 367. The topological polar surface area (TPSA) is 9.23 Å². The maximum absolute atomic E-state index is 13.1. The summed E-state index contributed by atoms with van der Waals surface area (Å²) in [5, 5.41) is -0.134. The standard InChI is InChI=1S/C12H14ClFO/c1-7-5-9(7)12(13)10-6-8(14)3-4-11(10)15-2/h3-4,6-7,9,12H,5H2,1-2H3. The number of hydrogen-bond donors (Lipinski definition) is 0. The highest BCUT2D eigenvalue weighted by molar-refractivity contribution is 6.21. The molecule has 3 atom stereocenters. The van der Waals surface area contributed by atoms with E-state index in [2.05, 4.69) is 6.92 Å². The molecule has 0 aliphatic heterocycles. The Labute approximate surface area is 94.2 Å². The van der Waals surface area contributed by atoms with Gasteiger partial charge in [-0.1, -0.05) is 6.92 Å². The Hall–Kier alpha value is -0.760. The summed E-state index contributed by atoms with van der Waals surface area (Å²) >= 11 is 6.31. The normalized spacial score (nSPS) is 26.1. The first kappa shape index (κ1) is 10.7. The lowest BCUT2D eigenvalue weighted by Crippen LogP contribution is -1.99. The van der Waals surface area contributed by atoms with Gasteiger partial charge in [-0.2, -0.15) is 0 Å². The first-order valence-corrected chi connectivity index (χ1v) is 5.54. The molecule has 1 fully saturated rings. The van der Waals surface area contributed by atoms with Crippen LogP contribution in [0, 0.1) is 17.7 Å². The van der Waals surface area contributed by atoms with Gasteiger partial charge in [0.2, 0.25) is 0 Å². The van der Waals surface area contributed by atoms with E-state index in [1.54, 1.807) is 13.2 Å². The van der Waals surface area contributed by atoms with E-state index < -0.39 is 0 Å². The molecule has 1 saturated carbocycles. The van der Waals surface area contributed by atoms with Crippen molar-refractivity contribution in [1.29, 1.82) is 0 Å². The lowest BCUT2D eigenvalue weighted by atomic mass is 10.1. The minimum absolute atomic E-state index is 0.134. The lowest BCUT2D eigenvalue weighted by Gasteiger charge is -2.13. The van der Waals surface area contributed by atoms with Crippen LogP contribution in [0.25, 0.3) is 0 Å². The second-order valence-corrected chi connectivity index (χ2v) is 4.64. The average Bonchev–Trinajstić information content (AvgIpc) is 2.94. The molecule has 0 aromatic heterocycles. The second kappa shape index (κ2) is 4.01. The molecule has 0 heterocycles. The van der Waals surface area contributed by atoms with Gasteiger partial charge in [-0.3, -0.25) is 0 Å². The molecule has 82 valence electrons. The van der Waals surface area contributed by atoms with Crippen LogP contribution in [0.4, 0.5) is 4.39 Å². The average molecular weight is 229 g/mol. The number of methoxy groups -OCH3 is 1. The predicted molar refractivity (Wildman–Crippen MR) is 58.8 cm³/mol. The summed E-state index contributed by atoms with van der Waals surface area (Å²) in [5.74, 6) is 1.52. The van der Waals surface area contributed by atoms with Gasteiger partial charge >= 0.3 is 0 Å². The van der Waals surface area contributed by atoms with Crippen LogP contribution in [0.2, 0.25) is 0 Å². The third kappa shape index (κ3) is 2.10. The maximum Gasteiger partial charge on any atom is 0.123 e. The highest BCUT2D eigenvalue weighted by Crippen LogP contribution is 2.51. The molecule has 3 heteroatoms. The van der Waals surface area contributed by atoms with E-state index in [1.807, 2.05) is 0 Å².